The molecule has 0 aliphatic carbocycles. The number of halogens is 1. The van der Waals surface area contributed by atoms with Crippen molar-refractivity contribution < 1.29 is 0 Å². The molecule has 0 fully saturated rings. The highest BCUT2D eigenvalue weighted by molar-refractivity contribution is 6.30. The van der Waals surface area contributed by atoms with Crippen molar-refractivity contribution >= 4 is 17.2 Å². The monoisotopic (exact) mass is 223 g/mol. The number of nitrogens with one attached hydrogen (secondary N) is 1. The van der Waals surface area contributed by atoms with E-state index in [4.69, 9.17) is 11.6 Å². The second kappa shape index (κ2) is 3.55. The molecule has 2 aromatic rings. The van der Waals surface area contributed by atoms with E-state index in [2.05, 4.69) is 16.7 Å². The van der Waals surface area contributed by atoms with E-state index in [9.17, 15) is 4.79 Å². The van der Waals surface area contributed by atoms with E-state index in [0.29, 0.717) is 22.8 Å². The SMILES string of the molecule is C=CCc1c(Cl)[nH]n2cc(C)nc2c1=O. The number of aromatic amines is 1. The third-order valence-corrected chi connectivity index (χ3v) is 2.45. The summed E-state index contributed by atoms with van der Waals surface area (Å²) in [6, 6.07) is 0. The Bertz CT molecular complexity index is 582. The fraction of sp³-hybridized carbons (Fsp3) is 0.200. The molecular weight excluding hydrogens is 214 g/mol. The molecule has 0 spiro atoms. The molecule has 5 heteroatoms. The standard InChI is InChI=1S/C10H10ClN3O/c1-3-4-7-8(15)10-12-6(2)5-14(10)13-9(7)11/h3,5,13H,1,4H2,2H3. The molecule has 0 radical (unpaired) electrons. The van der Waals surface area contributed by atoms with Gasteiger partial charge in [0, 0.05) is 5.56 Å². The Hall–Kier alpha value is -1.55. The molecule has 0 bridgehead atoms. The zero-order chi connectivity index (χ0) is 11.0. The molecule has 0 aromatic carbocycles. The first-order valence-electron chi connectivity index (χ1n) is 4.50. The predicted octanol–water partition coefficient (Wildman–Crippen LogP) is 1.71. The van der Waals surface area contributed by atoms with Gasteiger partial charge in [0.25, 0.3) is 0 Å². The number of allylic oxidation sites excluding steroid dienone is 1. The van der Waals surface area contributed by atoms with E-state index >= 15 is 0 Å². The van der Waals surface area contributed by atoms with E-state index in [1.54, 1.807) is 12.3 Å². The normalized spacial score (nSPS) is 10.8. The minimum Gasteiger partial charge on any atom is -0.285 e. The van der Waals surface area contributed by atoms with E-state index < -0.39 is 0 Å². The predicted molar refractivity (Wildman–Crippen MR) is 59.5 cm³/mol. The summed E-state index contributed by atoms with van der Waals surface area (Å²) in [6.07, 6.45) is 3.81. The number of hydrogen-bond donors (Lipinski definition) is 1. The average Bonchev–Trinajstić information content (AvgIpc) is 2.53. The van der Waals surface area contributed by atoms with Gasteiger partial charge in [-0.25, -0.2) is 9.50 Å². The van der Waals surface area contributed by atoms with Gasteiger partial charge >= 0.3 is 0 Å². The lowest BCUT2D eigenvalue weighted by Crippen LogP contribution is -2.14. The van der Waals surface area contributed by atoms with Crippen LogP contribution in [0.5, 0.6) is 0 Å². The van der Waals surface area contributed by atoms with Crippen molar-refractivity contribution in [2.45, 2.75) is 13.3 Å². The van der Waals surface area contributed by atoms with Crippen LogP contribution in [0.2, 0.25) is 5.15 Å². The van der Waals surface area contributed by atoms with Crippen molar-refractivity contribution in [3.8, 4) is 0 Å². The van der Waals surface area contributed by atoms with Crippen molar-refractivity contribution in [1.29, 1.82) is 0 Å². The number of hydrogen-bond acceptors (Lipinski definition) is 2. The van der Waals surface area contributed by atoms with Crippen LogP contribution in [0.4, 0.5) is 0 Å². The van der Waals surface area contributed by atoms with Crippen LogP contribution in [-0.4, -0.2) is 14.6 Å². The Morgan fingerprint density at radius 2 is 2.47 bits per heavy atom. The number of imidazole rings is 1. The summed E-state index contributed by atoms with van der Waals surface area (Å²) < 4.78 is 1.53. The maximum absolute atomic E-state index is 11.9. The van der Waals surface area contributed by atoms with Crippen LogP contribution in [0.25, 0.3) is 5.65 Å². The molecule has 0 aliphatic heterocycles. The molecule has 0 amide bonds. The molecule has 0 saturated carbocycles. The van der Waals surface area contributed by atoms with Crippen molar-refractivity contribution in [1.82, 2.24) is 14.6 Å². The summed E-state index contributed by atoms with van der Waals surface area (Å²) in [6.45, 7) is 5.41. The third-order valence-electron chi connectivity index (χ3n) is 2.14. The minimum absolute atomic E-state index is 0.147. The summed E-state index contributed by atoms with van der Waals surface area (Å²) in [5, 5.41) is 3.21. The van der Waals surface area contributed by atoms with E-state index in [1.807, 2.05) is 6.92 Å². The van der Waals surface area contributed by atoms with Gasteiger partial charge in [0.05, 0.1) is 11.9 Å². The number of fused-ring (bicyclic) bond motifs is 1. The third kappa shape index (κ3) is 1.57. The number of nitrogens with zero attached hydrogens (tertiary/aromatic N) is 2. The van der Waals surface area contributed by atoms with Crippen molar-refractivity contribution in [2.24, 2.45) is 0 Å². The summed E-state index contributed by atoms with van der Waals surface area (Å²) in [5.41, 5.74) is 1.50. The van der Waals surface area contributed by atoms with Gasteiger partial charge in [-0.15, -0.1) is 6.58 Å². The molecule has 78 valence electrons. The van der Waals surface area contributed by atoms with Crippen molar-refractivity contribution in [3.63, 3.8) is 0 Å². The summed E-state index contributed by atoms with van der Waals surface area (Å²) in [7, 11) is 0. The highest BCUT2D eigenvalue weighted by Crippen LogP contribution is 2.11. The molecule has 4 nitrogen and oxygen atoms in total. The van der Waals surface area contributed by atoms with Gasteiger partial charge < -0.3 is 0 Å². The lowest BCUT2D eigenvalue weighted by Gasteiger charge is -2.01. The van der Waals surface area contributed by atoms with Crippen LogP contribution >= 0.6 is 11.6 Å². The number of H-pyrrole nitrogens is 1. The van der Waals surface area contributed by atoms with Crippen LogP contribution < -0.4 is 5.43 Å². The Balaban J connectivity index is 2.83. The van der Waals surface area contributed by atoms with Gasteiger partial charge in [-0.05, 0) is 13.3 Å². The average molecular weight is 224 g/mol. The summed E-state index contributed by atoms with van der Waals surface area (Å²) in [4.78, 5) is 16.0. The largest absolute Gasteiger partial charge is 0.285 e. The fourth-order valence-electron chi connectivity index (χ4n) is 1.48. The quantitative estimate of drug-likeness (QED) is 0.788. The van der Waals surface area contributed by atoms with Crippen molar-refractivity contribution in [3.05, 3.63) is 45.5 Å². The summed E-state index contributed by atoms with van der Waals surface area (Å²) >= 11 is 5.94. The minimum atomic E-state index is -0.147. The van der Waals surface area contributed by atoms with Crippen LogP contribution in [0.1, 0.15) is 11.3 Å². The molecule has 1 N–H and O–H groups in total. The van der Waals surface area contributed by atoms with Gasteiger partial charge in [0.15, 0.2) is 0 Å². The zero-order valence-electron chi connectivity index (χ0n) is 8.25. The van der Waals surface area contributed by atoms with E-state index in [1.165, 1.54) is 4.52 Å². The second-order valence-corrected chi connectivity index (χ2v) is 3.68. The Morgan fingerprint density at radius 3 is 3.13 bits per heavy atom. The maximum atomic E-state index is 11.9. The van der Waals surface area contributed by atoms with Gasteiger partial charge in [-0.3, -0.25) is 9.89 Å². The highest BCUT2D eigenvalue weighted by atomic mass is 35.5. The molecule has 2 aromatic heterocycles. The Kier molecular flexibility index (Phi) is 2.36. The van der Waals surface area contributed by atoms with Crippen LogP contribution in [0, 0.1) is 6.92 Å². The molecule has 2 rings (SSSR count). The number of aromatic nitrogens is 3. The lowest BCUT2D eigenvalue weighted by atomic mass is 10.2. The zero-order valence-corrected chi connectivity index (χ0v) is 9.01. The number of rotatable bonds is 2. The van der Waals surface area contributed by atoms with Gasteiger partial charge in [0.2, 0.25) is 11.1 Å². The smallest absolute Gasteiger partial charge is 0.229 e. The topological polar surface area (TPSA) is 50.2 Å². The molecule has 15 heavy (non-hydrogen) atoms. The first-order chi connectivity index (χ1) is 7.13. The molecule has 0 saturated heterocycles. The highest BCUT2D eigenvalue weighted by Gasteiger charge is 2.10. The first kappa shape index (κ1) is 9.98. The number of aryl methyl sites for hydroxylation is 1. The van der Waals surface area contributed by atoms with Gasteiger partial charge in [0.1, 0.15) is 5.15 Å². The second-order valence-electron chi connectivity index (χ2n) is 3.30. The molecule has 2 heterocycles. The Morgan fingerprint density at radius 1 is 1.73 bits per heavy atom. The van der Waals surface area contributed by atoms with Gasteiger partial charge in [-0.1, -0.05) is 17.7 Å². The van der Waals surface area contributed by atoms with E-state index in [0.717, 1.165) is 5.69 Å². The van der Waals surface area contributed by atoms with Crippen LogP contribution in [0.3, 0.4) is 0 Å². The van der Waals surface area contributed by atoms with Crippen molar-refractivity contribution in [2.75, 3.05) is 0 Å². The van der Waals surface area contributed by atoms with E-state index in [-0.39, 0.29) is 5.43 Å². The fourth-order valence-corrected chi connectivity index (χ4v) is 1.73. The van der Waals surface area contributed by atoms with Gasteiger partial charge in [-0.2, -0.15) is 0 Å². The Labute approximate surface area is 91.2 Å². The molecule has 0 aliphatic rings. The maximum Gasteiger partial charge on any atom is 0.229 e. The van der Waals surface area contributed by atoms with Crippen LogP contribution in [0.15, 0.2) is 23.6 Å². The lowest BCUT2D eigenvalue weighted by molar-refractivity contribution is 0.910. The first-order valence-corrected chi connectivity index (χ1v) is 4.88. The molecule has 0 unspecified atom stereocenters. The van der Waals surface area contributed by atoms with Crippen LogP contribution in [-0.2, 0) is 6.42 Å². The molecule has 0 atom stereocenters. The molecular formula is C10H10ClN3O. The summed E-state index contributed by atoms with van der Waals surface area (Å²) in [5.74, 6) is 0.